The minimum atomic E-state index is -3.41. The van der Waals surface area contributed by atoms with Gasteiger partial charge in [-0.1, -0.05) is 6.07 Å². The third-order valence-electron chi connectivity index (χ3n) is 4.59. The molecular formula is C20H24N2O4S. The zero-order chi connectivity index (χ0) is 19.4. The van der Waals surface area contributed by atoms with Gasteiger partial charge in [-0.25, -0.2) is 8.42 Å². The Bertz CT molecular complexity index is 917. The molecule has 3 rings (SSSR count). The summed E-state index contributed by atoms with van der Waals surface area (Å²) in [6.45, 7) is 1.71. The molecule has 2 aromatic rings. The number of amides is 1. The minimum absolute atomic E-state index is 0.290. The van der Waals surface area contributed by atoms with Crippen molar-refractivity contribution in [3.63, 3.8) is 0 Å². The van der Waals surface area contributed by atoms with Gasteiger partial charge in [0.2, 0.25) is 10.0 Å². The van der Waals surface area contributed by atoms with E-state index in [1.807, 2.05) is 12.1 Å². The van der Waals surface area contributed by atoms with E-state index in [1.54, 1.807) is 37.3 Å². The predicted molar refractivity (Wildman–Crippen MR) is 107 cm³/mol. The Kier molecular flexibility index (Phi) is 5.70. The summed E-state index contributed by atoms with van der Waals surface area (Å²) < 4.78 is 31.3. The maximum atomic E-state index is 12.6. The first-order valence-corrected chi connectivity index (χ1v) is 10.9. The van der Waals surface area contributed by atoms with Crippen molar-refractivity contribution in [3.8, 4) is 5.75 Å². The zero-order valence-corrected chi connectivity index (χ0v) is 16.3. The molecule has 0 bridgehead atoms. The summed E-state index contributed by atoms with van der Waals surface area (Å²) in [6, 6.07) is 12.2. The Balaban J connectivity index is 1.69. The number of carbonyl (C=O) groups is 1. The average Bonchev–Trinajstić information content (AvgIpc) is 3.10. The maximum Gasteiger partial charge on any atom is 0.256 e. The molecule has 2 N–H and O–H groups in total. The smallest absolute Gasteiger partial charge is 0.256 e. The average molecular weight is 388 g/mol. The molecule has 0 spiro atoms. The Hall–Kier alpha value is -2.54. The number of hydrogen-bond acceptors (Lipinski definition) is 4. The maximum absolute atomic E-state index is 12.6. The molecule has 2 aromatic carbocycles. The van der Waals surface area contributed by atoms with Gasteiger partial charge in [-0.15, -0.1) is 0 Å². The van der Waals surface area contributed by atoms with Crippen LogP contribution < -0.4 is 14.8 Å². The summed E-state index contributed by atoms with van der Waals surface area (Å²) in [7, 11) is -3.41. The molecule has 27 heavy (non-hydrogen) atoms. The van der Waals surface area contributed by atoms with Crippen molar-refractivity contribution >= 4 is 27.3 Å². The Labute approximate surface area is 160 Å². The number of sulfonamides is 1. The number of benzene rings is 2. The van der Waals surface area contributed by atoms with Gasteiger partial charge in [0.25, 0.3) is 5.91 Å². The van der Waals surface area contributed by atoms with Crippen LogP contribution in [0.4, 0.5) is 11.4 Å². The molecule has 0 saturated heterocycles. The predicted octanol–water partition coefficient (Wildman–Crippen LogP) is 3.94. The van der Waals surface area contributed by atoms with Gasteiger partial charge in [-0.3, -0.25) is 9.52 Å². The lowest BCUT2D eigenvalue weighted by atomic mass is 10.1. The van der Waals surface area contributed by atoms with E-state index in [1.165, 1.54) is 12.8 Å². The summed E-state index contributed by atoms with van der Waals surface area (Å²) in [6.07, 6.45) is 5.98. The van der Waals surface area contributed by atoms with Gasteiger partial charge in [-0.2, -0.15) is 0 Å². The lowest BCUT2D eigenvalue weighted by Gasteiger charge is -2.14. The van der Waals surface area contributed by atoms with Crippen molar-refractivity contribution in [2.75, 3.05) is 16.3 Å². The summed E-state index contributed by atoms with van der Waals surface area (Å²) in [4.78, 5) is 12.6. The number of anilines is 2. The Morgan fingerprint density at radius 3 is 2.37 bits per heavy atom. The molecule has 0 radical (unpaired) electrons. The van der Waals surface area contributed by atoms with E-state index in [9.17, 15) is 13.2 Å². The summed E-state index contributed by atoms with van der Waals surface area (Å²) in [5.41, 5.74) is 2.03. The van der Waals surface area contributed by atoms with Crippen LogP contribution >= 0.6 is 0 Å². The first kappa shape index (κ1) is 19.2. The third kappa shape index (κ3) is 5.23. The molecule has 144 valence electrons. The molecule has 0 aliphatic heterocycles. The van der Waals surface area contributed by atoms with Gasteiger partial charge in [0.1, 0.15) is 5.75 Å². The minimum Gasteiger partial charge on any atom is -0.490 e. The van der Waals surface area contributed by atoms with Crippen molar-refractivity contribution in [3.05, 3.63) is 53.6 Å². The van der Waals surface area contributed by atoms with Crippen LogP contribution in [0.3, 0.4) is 0 Å². The van der Waals surface area contributed by atoms with E-state index in [2.05, 4.69) is 10.0 Å². The normalized spacial score (nSPS) is 14.7. The van der Waals surface area contributed by atoms with E-state index < -0.39 is 10.0 Å². The molecule has 7 heteroatoms. The lowest BCUT2D eigenvalue weighted by molar-refractivity contribution is 0.102. The van der Waals surface area contributed by atoms with E-state index in [4.69, 9.17) is 4.74 Å². The molecule has 1 fully saturated rings. The van der Waals surface area contributed by atoms with E-state index in [0.29, 0.717) is 22.5 Å². The van der Waals surface area contributed by atoms with Gasteiger partial charge in [-0.05, 0) is 74.6 Å². The largest absolute Gasteiger partial charge is 0.490 e. The van der Waals surface area contributed by atoms with Crippen LogP contribution in [-0.4, -0.2) is 26.7 Å². The standard InChI is InChI=1S/C20H24N2O4S/c1-14-18(8-5-9-19(14)22-27(2,24)25)20(23)21-15-10-12-17(13-11-15)26-16-6-3-4-7-16/h5,8-13,16,22H,3-4,6-7H2,1-2H3,(H,21,23). The van der Waals surface area contributed by atoms with Crippen LogP contribution in [0, 0.1) is 6.92 Å². The van der Waals surface area contributed by atoms with Gasteiger partial charge >= 0.3 is 0 Å². The topological polar surface area (TPSA) is 84.5 Å². The van der Waals surface area contributed by atoms with Gasteiger partial charge in [0.05, 0.1) is 18.0 Å². The van der Waals surface area contributed by atoms with Gasteiger partial charge in [0, 0.05) is 11.3 Å². The van der Waals surface area contributed by atoms with Crippen LogP contribution in [-0.2, 0) is 10.0 Å². The van der Waals surface area contributed by atoms with Gasteiger partial charge < -0.3 is 10.1 Å². The molecule has 1 saturated carbocycles. The van der Waals surface area contributed by atoms with E-state index >= 15 is 0 Å². The fraction of sp³-hybridized carbons (Fsp3) is 0.350. The third-order valence-corrected chi connectivity index (χ3v) is 5.18. The van der Waals surface area contributed by atoms with Crippen molar-refractivity contribution in [2.24, 2.45) is 0 Å². The van der Waals surface area contributed by atoms with Crippen molar-refractivity contribution < 1.29 is 17.9 Å². The second-order valence-electron chi connectivity index (χ2n) is 6.86. The number of rotatable bonds is 6. The van der Waals surface area contributed by atoms with Crippen molar-refractivity contribution in [1.29, 1.82) is 0 Å². The zero-order valence-electron chi connectivity index (χ0n) is 15.5. The number of nitrogens with one attached hydrogen (secondary N) is 2. The summed E-state index contributed by atoms with van der Waals surface area (Å²) in [5.74, 6) is 0.504. The fourth-order valence-corrected chi connectivity index (χ4v) is 3.83. The van der Waals surface area contributed by atoms with E-state index in [0.717, 1.165) is 24.8 Å². The molecular weight excluding hydrogens is 364 g/mol. The first-order valence-electron chi connectivity index (χ1n) is 8.97. The number of carbonyl (C=O) groups excluding carboxylic acids is 1. The monoisotopic (exact) mass is 388 g/mol. The molecule has 0 heterocycles. The second-order valence-corrected chi connectivity index (χ2v) is 8.60. The molecule has 1 aliphatic carbocycles. The highest BCUT2D eigenvalue weighted by Crippen LogP contribution is 2.26. The SMILES string of the molecule is Cc1c(NS(C)(=O)=O)cccc1C(=O)Nc1ccc(OC2CCCC2)cc1. The summed E-state index contributed by atoms with van der Waals surface area (Å²) in [5, 5.41) is 2.84. The first-order chi connectivity index (χ1) is 12.8. The van der Waals surface area contributed by atoms with Crippen LogP contribution in [0.1, 0.15) is 41.6 Å². The number of hydrogen-bond donors (Lipinski definition) is 2. The molecule has 1 aliphatic rings. The highest BCUT2D eigenvalue weighted by molar-refractivity contribution is 7.92. The Morgan fingerprint density at radius 1 is 1.07 bits per heavy atom. The molecule has 0 aromatic heterocycles. The van der Waals surface area contributed by atoms with Crippen LogP contribution in [0.2, 0.25) is 0 Å². The van der Waals surface area contributed by atoms with Gasteiger partial charge in [0.15, 0.2) is 0 Å². The molecule has 0 unspecified atom stereocenters. The quantitative estimate of drug-likeness (QED) is 0.785. The molecule has 6 nitrogen and oxygen atoms in total. The summed E-state index contributed by atoms with van der Waals surface area (Å²) >= 11 is 0. The van der Waals surface area contributed by atoms with E-state index in [-0.39, 0.29) is 12.0 Å². The van der Waals surface area contributed by atoms with Crippen LogP contribution in [0.5, 0.6) is 5.75 Å². The Morgan fingerprint density at radius 2 is 1.74 bits per heavy atom. The fourth-order valence-electron chi connectivity index (χ4n) is 3.21. The van der Waals surface area contributed by atoms with Crippen molar-refractivity contribution in [2.45, 2.75) is 38.7 Å². The van der Waals surface area contributed by atoms with Crippen molar-refractivity contribution in [1.82, 2.24) is 0 Å². The van der Waals surface area contributed by atoms with Crippen LogP contribution in [0.25, 0.3) is 0 Å². The highest BCUT2D eigenvalue weighted by Gasteiger charge is 2.17. The molecule has 0 atom stereocenters. The number of ether oxygens (including phenoxy) is 1. The second kappa shape index (κ2) is 8.00. The van der Waals surface area contributed by atoms with Crippen LogP contribution in [0.15, 0.2) is 42.5 Å². The lowest BCUT2D eigenvalue weighted by Crippen LogP contribution is -2.16. The molecule has 1 amide bonds. The highest BCUT2D eigenvalue weighted by atomic mass is 32.2.